The van der Waals surface area contributed by atoms with E-state index < -0.39 is 56.4 Å². The number of aliphatic carboxylic acids is 1. The fourth-order valence-electron chi connectivity index (χ4n) is 3.42. The van der Waals surface area contributed by atoms with Gasteiger partial charge in [0.15, 0.2) is 0 Å². The second-order valence-electron chi connectivity index (χ2n) is 7.31. The number of nitrogens with one attached hydrogen (secondary N) is 1. The highest BCUT2D eigenvalue weighted by atomic mass is 16.4. The maximum atomic E-state index is 13.6. The molecule has 8 heteroatoms. The van der Waals surface area contributed by atoms with Gasteiger partial charge < -0.3 is 10.0 Å². The molecule has 0 spiro atoms. The molecule has 1 heterocycles. The van der Waals surface area contributed by atoms with Gasteiger partial charge in [0.2, 0.25) is 11.7 Å². The lowest BCUT2D eigenvalue weighted by atomic mass is 9.97. The zero-order chi connectivity index (χ0) is 31.0. The van der Waals surface area contributed by atoms with Crippen molar-refractivity contribution in [3.05, 3.63) is 54.1 Å². The Morgan fingerprint density at radius 3 is 2.47 bits per heavy atom. The van der Waals surface area contributed by atoms with Crippen molar-refractivity contribution in [3.8, 4) is 22.5 Å². The van der Waals surface area contributed by atoms with E-state index in [0.717, 1.165) is 5.56 Å². The molecule has 0 aliphatic heterocycles. The van der Waals surface area contributed by atoms with Crippen molar-refractivity contribution in [2.45, 2.75) is 52.4 Å². The number of nitrogens with zero attached hydrogens (tertiary/aromatic N) is 4. The lowest BCUT2D eigenvalue weighted by molar-refractivity contribution is -0.153. The number of aromatic amines is 1. The highest BCUT2D eigenvalue weighted by Gasteiger charge is 2.32. The minimum atomic E-state index is -3.86. The van der Waals surface area contributed by atoms with E-state index in [4.69, 9.17) is 12.3 Å². The molecule has 2 N–H and O–H groups in total. The molecule has 1 unspecified atom stereocenters. The van der Waals surface area contributed by atoms with Crippen LogP contribution in [0.3, 0.4) is 0 Å². The van der Waals surface area contributed by atoms with Crippen LogP contribution in [0.25, 0.3) is 22.5 Å². The van der Waals surface area contributed by atoms with Crippen molar-refractivity contribution in [2.24, 2.45) is 5.92 Å². The Morgan fingerprint density at radius 1 is 1.16 bits per heavy atom. The third kappa shape index (κ3) is 5.38. The molecular formula is C24H29N5O3. The first-order valence-corrected chi connectivity index (χ1v) is 9.80. The molecule has 1 aromatic heterocycles. The van der Waals surface area contributed by atoms with Crippen LogP contribution in [0, 0.1) is 5.92 Å². The zero-order valence-electron chi connectivity index (χ0n) is 26.5. The number of hydrogen-bond acceptors (Lipinski definition) is 5. The van der Waals surface area contributed by atoms with Crippen molar-refractivity contribution in [1.82, 2.24) is 25.5 Å². The molecule has 3 rings (SSSR count). The van der Waals surface area contributed by atoms with Crippen LogP contribution in [0.4, 0.5) is 0 Å². The van der Waals surface area contributed by atoms with E-state index in [2.05, 4.69) is 20.6 Å². The van der Waals surface area contributed by atoms with Crippen LogP contribution in [-0.2, 0) is 16.1 Å². The Balaban J connectivity index is 2.03. The minimum absolute atomic E-state index is 0.358. The number of tetrazole rings is 1. The molecule has 1 amide bonds. The summed E-state index contributed by atoms with van der Waals surface area (Å²) in [6, 6.07) is 12.1. The summed E-state index contributed by atoms with van der Waals surface area (Å²) in [5.41, 5.74) is 2.50. The van der Waals surface area contributed by atoms with Crippen molar-refractivity contribution in [1.29, 1.82) is 0 Å². The first-order valence-electron chi connectivity index (χ1n) is 14.3. The van der Waals surface area contributed by atoms with Crippen LogP contribution in [0.5, 0.6) is 0 Å². The number of carboxylic acids is 1. The number of carbonyl (C=O) groups excluding carboxylic acids is 1. The number of H-pyrrole nitrogens is 1. The third-order valence-corrected chi connectivity index (χ3v) is 4.84. The summed E-state index contributed by atoms with van der Waals surface area (Å²) < 4.78 is 70.6. The van der Waals surface area contributed by atoms with Gasteiger partial charge in [0, 0.05) is 30.8 Å². The van der Waals surface area contributed by atoms with Gasteiger partial charge in [-0.25, -0.2) is 4.79 Å². The highest BCUT2D eigenvalue weighted by Crippen LogP contribution is 2.30. The van der Waals surface area contributed by atoms with Crippen LogP contribution in [0.15, 0.2) is 48.5 Å². The molecule has 8 nitrogen and oxygen atoms in total. The maximum absolute atomic E-state index is 13.6. The summed E-state index contributed by atoms with van der Waals surface area (Å²) in [7, 11) is 0. The van der Waals surface area contributed by atoms with Gasteiger partial charge in [0.05, 0.1) is 0 Å². The van der Waals surface area contributed by atoms with Crippen molar-refractivity contribution >= 4 is 11.9 Å². The summed E-state index contributed by atoms with van der Waals surface area (Å²) in [4.78, 5) is 26.4. The van der Waals surface area contributed by atoms with E-state index >= 15 is 0 Å². The molecular weight excluding hydrogens is 406 g/mol. The summed E-state index contributed by atoms with van der Waals surface area (Å²) in [6.07, 6.45) is -11.4. The monoisotopic (exact) mass is 444 g/mol. The number of aromatic nitrogens is 4. The quantitative estimate of drug-likeness (QED) is 0.485. The molecule has 0 aliphatic carbocycles. The number of carbonyl (C=O) groups is 2. The van der Waals surface area contributed by atoms with Gasteiger partial charge in [-0.15, -0.1) is 10.2 Å². The number of carboxylic acid groups (broad SMARTS) is 1. The van der Waals surface area contributed by atoms with Crippen LogP contribution in [0.1, 0.15) is 57.7 Å². The van der Waals surface area contributed by atoms with Crippen LogP contribution in [0.2, 0.25) is 0 Å². The summed E-state index contributed by atoms with van der Waals surface area (Å²) in [5, 5.41) is 23.9. The normalized spacial score (nSPS) is 17.9. The van der Waals surface area contributed by atoms with Gasteiger partial charge in [-0.2, -0.15) is 5.21 Å². The third-order valence-electron chi connectivity index (χ3n) is 4.84. The van der Waals surface area contributed by atoms with Crippen molar-refractivity contribution in [3.63, 3.8) is 0 Å². The second-order valence-corrected chi connectivity index (χ2v) is 7.31. The molecule has 0 fully saturated rings. The molecule has 0 saturated heterocycles. The first kappa shape index (κ1) is 13.8. The molecule has 0 aliphatic rings. The number of benzene rings is 2. The summed E-state index contributed by atoms with van der Waals surface area (Å²) >= 11 is 0. The first-order chi connectivity index (χ1) is 18.8. The van der Waals surface area contributed by atoms with E-state index in [1.54, 1.807) is 42.5 Å². The maximum Gasteiger partial charge on any atom is 0.326 e. The molecule has 0 bridgehead atoms. The predicted octanol–water partition coefficient (Wildman–Crippen LogP) is 4.16. The van der Waals surface area contributed by atoms with Gasteiger partial charge >= 0.3 is 5.97 Å². The molecule has 168 valence electrons. The number of hydrogen-bond donors (Lipinski definition) is 2. The van der Waals surface area contributed by atoms with Gasteiger partial charge in [-0.05, 0) is 34.2 Å². The van der Waals surface area contributed by atoms with E-state index in [0.29, 0.717) is 27.4 Å². The zero-order valence-corrected chi connectivity index (χ0v) is 17.5. The van der Waals surface area contributed by atoms with Gasteiger partial charge in [0.1, 0.15) is 6.04 Å². The molecule has 0 saturated carbocycles. The fourth-order valence-corrected chi connectivity index (χ4v) is 3.42. The van der Waals surface area contributed by atoms with Crippen molar-refractivity contribution < 1.29 is 27.0 Å². The SMILES string of the molecule is [2H]C([2H])([2H])C([2H])([2H])C([2H])([2H])C([2H])([2H])C(=O)N(Cc1ccc(-c2ccccc2-c2nn[nH]n2)cc1)C(C(=O)O)C(C)C. The molecule has 1 atom stereocenters. The van der Waals surface area contributed by atoms with Crippen molar-refractivity contribution in [2.75, 3.05) is 0 Å². The Morgan fingerprint density at radius 2 is 1.88 bits per heavy atom. The topological polar surface area (TPSA) is 112 Å². The standard InChI is InChI=1S/C24H29N5O3/c1-4-5-10-21(30)29(22(16(2)3)24(31)32)15-17-11-13-18(14-12-17)19-8-6-7-9-20(19)23-25-27-28-26-23/h6-9,11-14,16,22H,4-5,10,15H2,1-3H3,(H,31,32)(H,25,26,27,28)/i1D3,4D2,5D2,10D2. The second kappa shape index (κ2) is 10.7. The average Bonchev–Trinajstić information content (AvgIpc) is 3.42. The van der Waals surface area contributed by atoms with E-state index in [1.165, 1.54) is 13.8 Å². The minimum Gasteiger partial charge on any atom is -0.480 e. The van der Waals surface area contributed by atoms with E-state index in [9.17, 15) is 14.7 Å². The Bertz CT molecular complexity index is 1380. The lowest BCUT2D eigenvalue weighted by Gasteiger charge is -2.32. The Hall–Kier alpha value is -3.55. The largest absolute Gasteiger partial charge is 0.480 e. The van der Waals surface area contributed by atoms with E-state index in [-0.39, 0.29) is 0 Å². The average molecular weight is 445 g/mol. The Labute approximate surface area is 200 Å². The molecule has 2 aromatic carbocycles. The molecule has 0 radical (unpaired) electrons. The van der Waals surface area contributed by atoms with Gasteiger partial charge in [-0.3, -0.25) is 4.79 Å². The van der Waals surface area contributed by atoms with Crippen LogP contribution < -0.4 is 0 Å². The van der Waals surface area contributed by atoms with Crippen LogP contribution >= 0.6 is 0 Å². The van der Waals surface area contributed by atoms with E-state index in [1.807, 2.05) is 6.07 Å². The smallest absolute Gasteiger partial charge is 0.326 e. The number of amides is 1. The fraction of sp³-hybridized carbons (Fsp3) is 0.375. The predicted molar refractivity (Wildman–Crippen MR) is 121 cm³/mol. The number of rotatable bonds is 10. The van der Waals surface area contributed by atoms with Crippen LogP contribution in [-0.4, -0.2) is 48.5 Å². The molecule has 32 heavy (non-hydrogen) atoms. The highest BCUT2D eigenvalue weighted by molar-refractivity contribution is 5.84. The lowest BCUT2D eigenvalue weighted by Crippen LogP contribution is -2.47. The summed E-state index contributed by atoms with van der Waals surface area (Å²) in [6.45, 7) is -1.15. The molecule has 3 aromatic rings. The Kier molecular flexibility index (Phi) is 4.59. The van der Waals surface area contributed by atoms with Gasteiger partial charge in [0.25, 0.3) is 0 Å². The summed E-state index contributed by atoms with van der Waals surface area (Å²) in [5.74, 6) is -3.59. The van der Waals surface area contributed by atoms with Gasteiger partial charge in [-0.1, -0.05) is 75.6 Å².